The molecule has 0 atom stereocenters. The molecule has 0 aliphatic rings. The summed E-state index contributed by atoms with van der Waals surface area (Å²) in [7, 11) is 0. The molecule has 0 aliphatic heterocycles. The van der Waals surface area contributed by atoms with Gasteiger partial charge in [-0.1, -0.05) is 42.7 Å². The van der Waals surface area contributed by atoms with Crippen LogP contribution in [-0.4, -0.2) is 0 Å². The Balaban J connectivity index is 3.06. The lowest BCUT2D eigenvalue weighted by Gasteiger charge is -2.07. The minimum atomic E-state index is 0.0499. The van der Waals surface area contributed by atoms with Crippen LogP contribution in [0.1, 0.15) is 31.9 Å². The van der Waals surface area contributed by atoms with E-state index in [2.05, 4.69) is 39.2 Å². The highest BCUT2D eigenvalue weighted by atomic mass is 14.1. The largest absolute Gasteiger partial charge is 0.0984 e. The van der Waals surface area contributed by atoms with Crippen molar-refractivity contribution in [1.82, 2.24) is 0 Å². The number of benzene rings is 1. The molecule has 0 heteroatoms. The Kier molecular flexibility index (Phi) is 3.14. The van der Waals surface area contributed by atoms with Crippen LogP contribution in [0.3, 0.4) is 0 Å². The van der Waals surface area contributed by atoms with E-state index >= 15 is 0 Å². The number of hydrogen-bond acceptors (Lipinski definition) is 0. The maximum absolute atomic E-state index is 3.77. The highest BCUT2D eigenvalue weighted by Gasteiger charge is 2.03. The van der Waals surface area contributed by atoms with Crippen molar-refractivity contribution in [2.75, 3.05) is 0 Å². The SMILES string of the molecule is C=Cc1ccccc1C#CC(C)(C)C. The van der Waals surface area contributed by atoms with Gasteiger partial charge >= 0.3 is 0 Å². The van der Waals surface area contributed by atoms with E-state index in [0.29, 0.717) is 0 Å². The minimum absolute atomic E-state index is 0.0499. The maximum Gasteiger partial charge on any atom is 0.0317 e. The van der Waals surface area contributed by atoms with Gasteiger partial charge in [0.25, 0.3) is 0 Å². The first-order chi connectivity index (χ1) is 6.53. The van der Waals surface area contributed by atoms with Gasteiger partial charge < -0.3 is 0 Å². The van der Waals surface area contributed by atoms with Crippen molar-refractivity contribution in [3.63, 3.8) is 0 Å². The van der Waals surface area contributed by atoms with Crippen molar-refractivity contribution in [1.29, 1.82) is 0 Å². The summed E-state index contributed by atoms with van der Waals surface area (Å²) in [5, 5.41) is 0. The molecule has 14 heavy (non-hydrogen) atoms. The lowest BCUT2D eigenvalue weighted by molar-refractivity contribution is 0.571. The normalized spacial score (nSPS) is 10.2. The van der Waals surface area contributed by atoms with Gasteiger partial charge in [0.15, 0.2) is 0 Å². The summed E-state index contributed by atoms with van der Waals surface area (Å²) in [6.45, 7) is 10.1. The van der Waals surface area contributed by atoms with E-state index in [0.717, 1.165) is 11.1 Å². The van der Waals surface area contributed by atoms with Gasteiger partial charge in [0.05, 0.1) is 0 Å². The third kappa shape index (κ3) is 3.11. The van der Waals surface area contributed by atoms with Crippen LogP contribution < -0.4 is 0 Å². The van der Waals surface area contributed by atoms with Gasteiger partial charge in [-0.3, -0.25) is 0 Å². The average Bonchev–Trinajstić information content (AvgIpc) is 2.14. The van der Waals surface area contributed by atoms with Gasteiger partial charge in [-0.2, -0.15) is 0 Å². The average molecular weight is 184 g/mol. The van der Waals surface area contributed by atoms with Gasteiger partial charge in [-0.05, 0) is 32.4 Å². The Labute approximate surface area is 86.7 Å². The van der Waals surface area contributed by atoms with Crippen LogP contribution in [0.5, 0.6) is 0 Å². The Hall–Kier alpha value is -1.48. The lowest BCUT2D eigenvalue weighted by Crippen LogP contribution is -1.99. The molecule has 0 nitrogen and oxygen atoms in total. The molecule has 0 amide bonds. The molecule has 0 heterocycles. The zero-order valence-electron chi connectivity index (χ0n) is 9.09. The molecule has 0 bridgehead atoms. The third-order valence-electron chi connectivity index (χ3n) is 1.75. The van der Waals surface area contributed by atoms with Crippen molar-refractivity contribution in [3.05, 3.63) is 42.0 Å². The molecule has 0 unspecified atom stereocenters. The zero-order valence-corrected chi connectivity index (χ0v) is 9.09. The molecular formula is C14H16. The van der Waals surface area contributed by atoms with Gasteiger partial charge in [0.1, 0.15) is 0 Å². The van der Waals surface area contributed by atoms with Crippen molar-refractivity contribution >= 4 is 6.08 Å². The molecule has 0 saturated heterocycles. The van der Waals surface area contributed by atoms with Crippen molar-refractivity contribution in [3.8, 4) is 11.8 Å². The summed E-state index contributed by atoms with van der Waals surface area (Å²) >= 11 is 0. The van der Waals surface area contributed by atoms with Crippen LogP contribution >= 0.6 is 0 Å². The molecule has 0 radical (unpaired) electrons. The predicted octanol–water partition coefficient (Wildman–Crippen LogP) is 3.73. The van der Waals surface area contributed by atoms with E-state index in [9.17, 15) is 0 Å². The van der Waals surface area contributed by atoms with Crippen LogP contribution in [-0.2, 0) is 0 Å². The quantitative estimate of drug-likeness (QED) is 0.583. The molecule has 0 saturated carbocycles. The van der Waals surface area contributed by atoms with Gasteiger partial charge in [-0.15, -0.1) is 0 Å². The molecular weight excluding hydrogens is 168 g/mol. The van der Waals surface area contributed by atoms with E-state index < -0.39 is 0 Å². The molecule has 0 aliphatic carbocycles. The monoisotopic (exact) mass is 184 g/mol. The third-order valence-corrected chi connectivity index (χ3v) is 1.75. The number of hydrogen-bond donors (Lipinski definition) is 0. The van der Waals surface area contributed by atoms with Crippen molar-refractivity contribution in [2.24, 2.45) is 5.41 Å². The fourth-order valence-electron chi connectivity index (χ4n) is 1.04. The fourth-order valence-corrected chi connectivity index (χ4v) is 1.04. The van der Waals surface area contributed by atoms with Gasteiger partial charge in [0.2, 0.25) is 0 Å². The standard InChI is InChI=1S/C14H16/c1-5-12-8-6-7-9-13(12)10-11-14(2,3)4/h5-9H,1H2,2-4H3. The second-order valence-electron chi connectivity index (χ2n) is 4.29. The Morgan fingerprint density at radius 3 is 2.43 bits per heavy atom. The van der Waals surface area contributed by atoms with Gasteiger partial charge in [-0.25, -0.2) is 0 Å². The van der Waals surface area contributed by atoms with E-state index in [-0.39, 0.29) is 5.41 Å². The summed E-state index contributed by atoms with van der Waals surface area (Å²) in [6.07, 6.45) is 1.84. The minimum Gasteiger partial charge on any atom is -0.0984 e. The second-order valence-corrected chi connectivity index (χ2v) is 4.29. The highest BCUT2D eigenvalue weighted by molar-refractivity contribution is 5.57. The lowest BCUT2D eigenvalue weighted by atomic mass is 9.97. The zero-order chi connectivity index (χ0) is 10.6. The fraction of sp³-hybridized carbons (Fsp3) is 0.286. The summed E-state index contributed by atoms with van der Waals surface area (Å²) in [5.41, 5.74) is 2.20. The summed E-state index contributed by atoms with van der Waals surface area (Å²) in [5.74, 6) is 6.40. The Bertz CT molecular complexity index is 380. The smallest absolute Gasteiger partial charge is 0.0317 e. The maximum atomic E-state index is 3.77. The summed E-state index contributed by atoms with van der Waals surface area (Å²) < 4.78 is 0. The van der Waals surface area contributed by atoms with Crippen LogP contribution in [0.15, 0.2) is 30.8 Å². The van der Waals surface area contributed by atoms with Crippen LogP contribution in [0, 0.1) is 17.3 Å². The first-order valence-electron chi connectivity index (χ1n) is 4.77. The van der Waals surface area contributed by atoms with E-state index in [1.54, 1.807) is 0 Å². The second kappa shape index (κ2) is 4.15. The predicted molar refractivity (Wildman–Crippen MR) is 62.9 cm³/mol. The van der Waals surface area contributed by atoms with Crippen molar-refractivity contribution in [2.45, 2.75) is 20.8 Å². The Morgan fingerprint density at radius 1 is 1.21 bits per heavy atom. The first kappa shape index (κ1) is 10.6. The molecule has 0 spiro atoms. The molecule has 1 aromatic carbocycles. The Morgan fingerprint density at radius 2 is 1.86 bits per heavy atom. The van der Waals surface area contributed by atoms with E-state index in [1.807, 2.05) is 30.3 Å². The van der Waals surface area contributed by atoms with Crippen LogP contribution in [0.2, 0.25) is 0 Å². The summed E-state index contributed by atoms with van der Waals surface area (Å²) in [4.78, 5) is 0. The van der Waals surface area contributed by atoms with Crippen LogP contribution in [0.25, 0.3) is 6.08 Å². The first-order valence-corrected chi connectivity index (χ1v) is 4.77. The molecule has 0 fully saturated rings. The molecule has 0 aromatic heterocycles. The topological polar surface area (TPSA) is 0 Å². The summed E-state index contributed by atoms with van der Waals surface area (Å²) in [6, 6.07) is 8.05. The molecule has 1 rings (SSSR count). The number of rotatable bonds is 1. The van der Waals surface area contributed by atoms with Gasteiger partial charge in [0, 0.05) is 11.0 Å². The molecule has 72 valence electrons. The van der Waals surface area contributed by atoms with Crippen molar-refractivity contribution < 1.29 is 0 Å². The van der Waals surface area contributed by atoms with E-state index in [4.69, 9.17) is 0 Å². The molecule has 0 N–H and O–H groups in total. The molecule has 1 aromatic rings. The highest BCUT2D eigenvalue weighted by Crippen LogP contribution is 2.13. The van der Waals surface area contributed by atoms with E-state index in [1.165, 1.54) is 0 Å². The van der Waals surface area contributed by atoms with Crippen LogP contribution in [0.4, 0.5) is 0 Å².